The lowest BCUT2D eigenvalue weighted by Gasteiger charge is -2.20. The highest BCUT2D eigenvalue weighted by Crippen LogP contribution is 2.35. The van der Waals surface area contributed by atoms with Gasteiger partial charge in [-0.25, -0.2) is 0 Å². The van der Waals surface area contributed by atoms with Gasteiger partial charge in [0, 0.05) is 24.1 Å². The first-order valence-electron chi connectivity index (χ1n) is 6.83. The average Bonchev–Trinajstić information content (AvgIpc) is 2.90. The molecule has 2 atom stereocenters. The van der Waals surface area contributed by atoms with Gasteiger partial charge in [0.2, 0.25) is 0 Å². The van der Waals surface area contributed by atoms with E-state index < -0.39 is 0 Å². The Hall–Kier alpha value is -1.80. The minimum atomic E-state index is 0.406. The fraction of sp³-hybridized carbons (Fsp3) is 0.294. The van der Waals surface area contributed by atoms with Crippen molar-refractivity contribution in [2.45, 2.75) is 25.4 Å². The van der Waals surface area contributed by atoms with Gasteiger partial charge in [-0.05, 0) is 18.6 Å². The van der Waals surface area contributed by atoms with Crippen molar-refractivity contribution in [3.8, 4) is 5.75 Å². The maximum absolute atomic E-state index is 5.74. The Kier molecular flexibility index (Phi) is 3.51. The number of ether oxygens (including phenoxy) is 1. The third-order valence-electron chi connectivity index (χ3n) is 3.81. The molecule has 1 N–H and O–H groups in total. The van der Waals surface area contributed by atoms with Crippen LogP contribution in [0.15, 0.2) is 54.6 Å². The monoisotopic (exact) mass is 253 g/mol. The molecule has 1 aliphatic rings. The Morgan fingerprint density at radius 2 is 1.84 bits per heavy atom. The second-order valence-electron chi connectivity index (χ2n) is 5.11. The maximum atomic E-state index is 5.74. The molecular weight excluding hydrogens is 234 g/mol. The van der Waals surface area contributed by atoms with Crippen LogP contribution in [0, 0.1) is 0 Å². The largest absolute Gasteiger partial charge is 0.493 e. The quantitative estimate of drug-likeness (QED) is 0.902. The molecule has 0 bridgehead atoms. The number of nitrogens with one attached hydrogen (secondary N) is 1. The van der Waals surface area contributed by atoms with Gasteiger partial charge in [0.1, 0.15) is 5.75 Å². The third-order valence-corrected chi connectivity index (χ3v) is 3.81. The van der Waals surface area contributed by atoms with Gasteiger partial charge in [-0.1, -0.05) is 48.5 Å². The van der Waals surface area contributed by atoms with Crippen LogP contribution in [0.3, 0.4) is 0 Å². The lowest BCUT2D eigenvalue weighted by molar-refractivity contribution is 0.303. The fourth-order valence-corrected chi connectivity index (χ4v) is 2.62. The molecule has 1 aliphatic heterocycles. The van der Waals surface area contributed by atoms with Crippen LogP contribution in [0.1, 0.15) is 24.0 Å². The molecule has 0 radical (unpaired) electrons. The standard InChI is InChI=1S/C17H19NO/c1-13(18-11-14-7-3-2-4-8-14)16-12-19-17-10-6-5-9-15(16)17/h2-10,13,16,18H,11-12H2,1H3/t13-,16-/m0/s1. The first kappa shape index (κ1) is 12.2. The number of hydrogen-bond donors (Lipinski definition) is 1. The second kappa shape index (κ2) is 5.45. The molecule has 0 spiro atoms. The van der Waals surface area contributed by atoms with E-state index in [9.17, 15) is 0 Å². The molecular formula is C17H19NO. The van der Waals surface area contributed by atoms with E-state index in [0.717, 1.165) is 18.9 Å². The number of fused-ring (bicyclic) bond motifs is 1. The van der Waals surface area contributed by atoms with E-state index >= 15 is 0 Å². The van der Waals surface area contributed by atoms with Crippen LogP contribution in [0.4, 0.5) is 0 Å². The minimum Gasteiger partial charge on any atom is -0.493 e. The van der Waals surface area contributed by atoms with E-state index in [4.69, 9.17) is 4.74 Å². The van der Waals surface area contributed by atoms with Crippen LogP contribution >= 0.6 is 0 Å². The third kappa shape index (κ3) is 2.64. The molecule has 2 aromatic rings. The number of rotatable bonds is 4. The summed E-state index contributed by atoms with van der Waals surface area (Å²) in [5, 5.41) is 3.60. The molecule has 0 fully saturated rings. The lowest BCUT2D eigenvalue weighted by atomic mass is 9.94. The van der Waals surface area contributed by atoms with Gasteiger partial charge >= 0.3 is 0 Å². The van der Waals surface area contributed by atoms with E-state index in [-0.39, 0.29) is 0 Å². The van der Waals surface area contributed by atoms with E-state index in [1.54, 1.807) is 0 Å². The van der Waals surface area contributed by atoms with Gasteiger partial charge in [0.05, 0.1) is 6.61 Å². The predicted octanol–water partition coefficient (Wildman–Crippen LogP) is 3.34. The smallest absolute Gasteiger partial charge is 0.122 e. The van der Waals surface area contributed by atoms with Crippen LogP contribution in [0.25, 0.3) is 0 Å². The summed E-state index contributed by atoms with van der Waals surface area (Å²) >= 11 is 0. The second-order valence-corrected chi connectivity index (χ2v) is 5.11. The molecule has 0 aromatic heterocycles. The summed E-state index contributed by atoms with van der Waals surface area (Å²) < 4.78 is 5.74. The Morgan fingerprint density at radius 3 is 2.68 bits per heavy atom. The Balaban J connectivity index is 1.64. The predicted molar refractivity (Wildman–Crippen MR) is 77.4 cm³/mol. The van der Waals surface area contributed by atoms with Crippen molar-refractivity contribution < 1.29 is 4.74 Å². The highest BCUT2D eigenvalue weighted by atomic mass is 16.5. The zero-order chi connectivity index (χ0) is 13.1. The summed E-state index contributed by atoms with van der Waals surface area (Å²) in [6, 6.07) is 19.3. The molecule has 0 saturated carbocycles. The highest BCUT2D eigenvalue weighted by Gasteiger charge is 2.28. The van der Waals surface area contributed by atoms with Crippen molar-refractivity contribution in [2.24, 2.45) is 0 Å². The van der Waals surface area contributed by atoms with Gasteiger partial charge in [0.15, 0.2) is 0 Å². The molecule has 2 nitrogen and oxygen atoms in total. The van der Waals surface area contributed by atoms with Gasteiger partial charge in [0.25, 0.3) is 0 Å². The highest BCUT2D eigenvalue weighted by molar-refractivity contribution is 5.40. The first-order chi connectivity index (χ1) is 9.34. The Bertz CT molecular complexity index is 538. The molecule has 1 heterocycles. The summed E-state index contributed by atoms with van der Waals surface area (Å²) in [5.74, 6) is 1.49. The SMILES string of the molecule is C[C@H](NCc1ccccc1)[C@@H]1COc2ccccc21. The van der Waals surface area contributed by atoms with E-state index in [0.29, 0.717) is 12.0 Å². The van der Waals surface area contributed by atoms with Crippen molar-refractivity contribution in [3.05, 3.63) is 65.7 Å². The van der Waals surface area contributed by atoms with Crippen LogP contribution in [-0.2, 0) is 6.54 Å². The van der Waals surface area contributed by atoms with Gasteiger partial charge in [-0.3, -0.25) is 0 Å². The van der Waals surface area contributed by atoms with E-state index in [2.05, 4.69) is 54.7 Å². The summed E-state index contributed by atoms with van der Waals surface area (Å²) in [7, 11) is 0. The number of para-hydroxylation sites is 1. The first-order valence-corrected chi connectivity index (χ1v) is 6.83. The molecule has 3 rings (SSSR count). The van der Waals surface area contributed by atoms with Crippen LogP contribution < -0.4 is 10.1 Å². The molecule has 2 aromatic carbocycles. The summed E-state index contributed by atoms with van der Waals surface area (Å²) in [5.41, 5.74) is 2.65. The van der Waals surface area contributed by atoms with Crippen molar-refractivity contribution in [1.82, 2.24) is 5.32 Å². The summed E-state index contributed by atoms with van der Waals surface area (Å²) in [6.45, 7) is 3.92. The Morgan fingerprint density at radius 1 is 1.11 bits per heavy atom. The molecule has 0 aliphatic carbocycles. The van der Waals surface area contributed by atoms with Gasteiger partial charge in [-0.2, -0.15) is 0 Å². The van der Waals surface area contributed by atoms with Crippen molar-refractivity contribution >= 4 is 0 Å². The molecule has 0 unspecified atom stereocenters. The van der Waals surface area contributed by atoms with Crippen LogP contribution in [-0.4, -0.2) is 12.6 Å². The summed E-state index contributed by atoms with van der Waals surface area (Å²) in [4.78, 5) is 0. The zero-order valence-corrected chi connectivity index (χ0v) is 11.2. The molecule has 0 saturated heterocycles. The molecule has 2 heteroatoms. The van der Waals surface area contributed by atoms with Gasteiger partial charge in [-0.15, -0.1) is 0 Å². The fourth-order valence-electron chi connectivity index (χ4n) is 2.62. The average molecular weight is 253 g/mol. The van der Waals surface area contributed by atoms with Crippen molar-refractivity contribution in [3.63, 3.8) is 0 Å². The topological polar surface area (TPSA) is 21.3 Å². The van der Waals surface area contributed by atoms with Crippen LogP contribution in [0.5, 0.6) is 5.75 Å². The Labute approximate surface area is 114 Å². The van der Waals surface area contributed by atoms with E-state index in [1.807, 2.05) is 12.1 Å². The van der Waals surface area contributed by atoms with Gasteiger partial charge < -0.3 is 10.1 Å². The molecule has 98 valence electrons. The summed E-state index contributed by atoms with van der Waals surface area (Å²) in [6.07, 6.45) is 0. The van der Waals surface area contributed by atoms with E-state index in [1.165, 1.54) is 11.1 Å². The molecule has 0 amide bonds. The maximum Gasteiger partial charge on any atom is 0.122 e. The van der Waals surface area contributed by atoms with Crippen LogP contribution in [0.2, 0.25) is 0 Å². The van der Waals surface area contributed by atoms with Crippen molar-refractivity contribution in [2.75, 3.05) is 6.61 Å². The number of hydrogen-bond acceptors (Lipinski definition) is 2. The van der Waals surface area contributed by atoms with Crippen molar-refractivity contribution in [1.29, 1.82) is 0 Å². The lowest BCUT2D eigenvalue weighted by Crippen LogP contribution is -2.32. The number of benzene rings is 2. The molecule has 19 heavy (non-hydrogen) atoms. The minimum absolute atomic E-state index is 0.406. The zero-order valence-electron chi connectivity index (χ0n) is 11.2. The normalized spacial score (nSPS) is 18.7.